The maximum Gasteiger partial charge on any atom is 0.343 e. The van der Waals surface area contributed by atoms with Crippen molar-refractivity contribution in [2.24, 2.45) is 0 Å². The van der Waals surface area contributed by atoms with E-state index in [2.05, 4.69) is 4.85 Å². The van der Waals surface area contributed by atoms with E-state index in [4.69, 9.17) is 0 Å². The predicted molar refractivity (Wildman–Crippen MR) is 21.9 cm³/mol. The van der Waals surface area contributed by atoms with Crippen molar-refractivity contribution in [3.63, 3.8) is 0 Å². The molecule has 0 amide bonds. The van der Waals surface area contributed by atoms with Crippen LogP contribution in [0.25, 0.3) is 0 Å². The summed E-state index contributed by atoms with van der Waals surface area (Å²) in [6.07, 6.45) is 0. The van der Waals surface area contributed by atoms with Crippen LogP contribution >= 0.6 is 0 Å². The van der Waals surface area contributed by atoms with Crippen LogP contribution in [0.3, 0.4) is 0 Å². The number of rotatable bonds is 0. The van der Waals surface area contributed by atoms with Gasteiger partial charge in [0, 0.05) is 13.8 Å². The van der Waals surface area contributed by atoms with Crippen LogP contribution in [-0.2, 0) is 0 Å². The van der Waals surface area contributed by atoms with Crippen LogP contribution in [0.5, 0.6) is 0 Å². The van der Waals surface area contributed by atoms with Gasteiger partial charge >= 0.3 is 5.71 Å². The van der Waals surface area contributed by atoms with Gasteiger partial charge in [0.25, 0.3) is 0 Å². The van der Waals surface area contributed by atoms with Crippen molar-refractivity contribution in [3.05, 3.63) is 4.91 Å². The minimum Gasteiger partial charge on any atom is 0.0403 e. The highest BCUT2D eigenvalue weighted by atomic mass is 16.2. The molecule has 5 heavy (non-hydrogen) atoms. The van der Waals surface area contributed by atoms with Crippen LogP contribution in [-0.4, -0.2) is 5.71 Å². The lowest BCUT2D eigenvalue weighted by atomic mass is 10.5. The minimum atomic E-state index is 0.574. The summed E-state index contributed by atoms with van der Waals surface area (Å²) in [6.45, 7) is 3.32. The van der Waals surface area contributed by atoms with E-state index in [0.29, 0.717) is 5.71 Å². The maximum absolute atomic E-state index is 9.22. The molecule has 0 heterocycles. The van der Waals surface area contributed by atoms with E-state index in [-0.39, 0.29) is 0 Å². The summed E-state index contributed by atoms with van der Waals surface area (Å²) in [6, 6.07) is 0. The molecule has 0 aromatic heterocycles. The lowest BCUT2D eigenvalue weighted by Gasteiger charge is -1.41. The van der Waals surface area contributed by atoms with E-state index in [1.807, 2.05) is 0 Å². The van der Waals surface area contributed by atoms with Gasteiger partial charge in [-0.3, -0.25) is 0 Å². The maximum atomic E-state index is 9.22. The van der Waals surface area contributed by atoms with Crippen LogP contribution in [0.2, 0.25) is 0 Å². The molecule has 2 nitrogen and oxygen atoms in total. The lowest BCUT2D eigenvalue weighted by Crippen LogP contribution is -1.79. The van der Waals surface area contributed by atoms with Crippen LogP contribution in [0, 0.1) is 4.91 Å². The van der Waals surface area contributed by atoms with Crippen molar-refractivity contribution in [2.45, 2.75) is 13.8 Å². The second kappa shape index (κ2) is 1.68. The molecule has 0 radical (unpaired) electrons. The van der Waals surface area contributed by atoms with Crippen LogP contribution in [0.15, 0.2) is 0 Å². The molecule has 0 unspecified atom stereocenters. The molecular weight excluding hydrogens is 66.0 g/mol. The Labute approximate surface area is 30.5 Å². The third kappa shape index (κ3) is 3.38. The van der Waals surface area contributed by atoms with Gasteiger partial charge in [-0.05, 0) is 0 Å². The largest absolute Gasteiger partial charge is 0.343 e. The summed E-state index contributed by atoms with van der Waals surface area (Å²) in [7, 11) is 0. The van der Waals surface area contributed by atoms with Gasteiger partial charge in [-0.25, -0.2) is 0 Å². The summed E-state index contributed by atoms with van der Waals surface area (Å²) in [5.74, 6) is 0. The van der Waals surface area contributed by atoms with Gasteiger partial charge in [0.2, 0.25) is 4.85 Å². The predicted octanol–water partition coefficient (Wildman–Crippen LogP) is 0.301. The van der Waals surface area contributed by atoms with E-state index in [9.17, 15) is 4.91 Å². The third-order valence-electron chi connectivity index (χ3n) is 0.183. The molecule has 0 aliphatic heterocycles. The molecule has 0 aliphatic rings. The monoisotopic (exact) mass is 72.0 g/mol. The molecule has 0 atom stereocenters. The molecule has 28 valence electrons. The van der Waals surface area contributed by atoms with E-state index in [0.717, 1.165) is 0 Å². The van der Waals surface area contributed by atoms with Crippen molar-refractivity contribution in [3.8, 4) is 0 Å². The Bertz CT molecular complexity index is 67.0. The highest BCUT2D eigenvalue weighted by Crippen LogP contribution is 1.50. The molecule has 0 saturated carbocycles. The fraction of sp³-hybridized carbons (Fsp3) is 0.667. The quantitative estimate of drug-likeness (QED) is 0.299. The van der Waals surface area contributed by atoms with Crippen molar-refractivity contribution >= 4 is 5.71 Å². The zero-order valence-corrected chi connectivity index (χ0v) is 3.36. The zero-order chi connectivity index (χ0) is 4.28. The Hall–Kier alpha value is -0.620. The standard InChI is InChI=1S/C3H6NO/c1-3(2)4-5/h1-2H3/q+1. The second-order valence-corrected chi connectivity index (χ2v) is 1.04. The SMILES string of the molecule is CC(C)=[N+]=O. The average Bonchev–Trinajstić information content (AvgIpc) is 1.38. The second-order valence-electron chi connectivity index (χ2n) is 1.04. The molecule has 0 N–H and O–H groups in total. The van der Waals surface area contributed by atoms with Gasteiger partial charge in [-0.2, -0.15) is 0 Å². The van der Waals surface area contributed by atoms with Gasteiger partial charge in [-0.15, -0.1) is 0 Å². The zero-order valence-electron chi connectivity index (χ0n) is 3.36. The molecule has 0 spiro atoms. The molecule has 0 saturated heterocycles. The fourth-order valence-corrected chi connectivity index (χ4v) is 0. The fourth-order valence-electron chi connectivity index (χ4n) is 0. The number of hydrogen-bond donors (Lipinski definition) is 0. The Morgan fingerprint density at radius 2 is 1.80 bits per heavy atom. The first-order chi connectivity index (χ1) is 2.27. The van der Waals surface area contributed by atoms with Gasteiger partial charge < -0.3 is 0 Å². The normalized spacial score (nSPS) is 6.00. The summed E-state index contributed by atoms with van der Waals surface area (Å²) < 4.78 is 0. The average molecular weight is 72.1 g/mol. The summed E-state index contributed by atoms with van der Waals surface area (Å²) in [5, 5.41) is 0. The topological polar surface area (TPSA) is 31.2 Å². The summed E-state index contributed by atoms with van der Waals surface area (Å²) in [5.41, 5.74) is 0.574. The van der Waals surface area contributed by atoms with Crippen LogP contribution < -0.4 is 4.85 Å². The molecule has 2 heteroatoms. The number of nitrogens with zero attached hydrogens (tertiary/aromatic N) is 1. The number of hydrogen-bond acceptors (Lipinski definition) is 1. The third-order valence-corrected chi connectivity index (χ3v) is 0.183. The molecular formula is C3H6NO+. The molecule has 0 aromatic carbocycles. The smallest absolute Gasteiger partial charge is 0.0403 e. The molecule has 0 rings (SSSR count). The Morgan fingerprint density at radius 1 is 1.60 bits per heavy atom. The Kier molecular flexibility index (Phi) is 1.47. The first-order valence-corrected chi connectivity index (χ1v) is 1.41. The lowest BCUT2D eigenvalue weighted by molar-refractivity contribution is 1.52. The van der Waals surface area contributed by atoms with E-state index < -0.39 is 0 Å². The first kappa shape index (κ1) is 4.38. The Balaban J connectivity index is 3.60. The molecule has 0 bridgehead atoms. The van der Waals surface area contributed by atoms with Gasteiger partial charge in [-0.1, -0.05) is 0 Å². The van der Waals surface area contributed by atoms with Crippen LogP contribution in [0.4, 0.5) is 0 Å². The highest BCUT2D eigenvalue weighted by molar-refractivity contribution is 5.77. The van der Waals surface area contributed by atoms with Gasteiger partial charge in [0.1, 0.15) is 0 Å². The van der Waals surface area contributed by atoms with E-state index in [1.54, 1.807) is 13.8 Å². The van der Waals surface area contributed by atoms with Crippen molar-refractivity contribution in [2.75, 3.05) is 0 Å². The van der Waals surface area contributed by atoms with Crippen LogP contribution in [0.1, 0.15) is 13.8 Å². The minimum absolute atomic E-state index is 0.574. The van der Waals surface area contributed by atoms with Gasteiger partial charge in [0.15, 0.2) is 4.91 Å². The van der Waals surface area contributed by atoms with E-state index >= 15 is 0 Å². The first-order valence-electron chi connectivity index (χ1n) is 1.41. The van der Waals surface area contributed by atoms with Crippen molar-refractivity contribution < 1.29 is 0 Å². The Morgan fingerprint density at radius 3 is 1.80 bits per heavy atom. The van der Waals surface area contributed by atoms with Gasteiger partial charge in [0.05, 0.1) is 0 Å². The number of nitroso groups, excluding NO2 is 1. The van der Waals surface area contributed by atoms with Crippen molar-refractivity contribution in [1.29, 1.82) is 0 Å². The summed E-state index contributed by atoms with van der Waals surface area (Å²) in [4.78, 5) is 11.8. The summed E-state index contributed by atoms with van der Waals surface area (Å²) >= 11 is 0. The highest BCUT2D eigenvalue weighted by Gasteiger charge is 1.84. The molecule has 0 aromatic rings. The molecule has 0 fully saturated rings. The van der Waals surface area contributed by atoms with E-state index in [1.165, 1.54) is 0 Å². The molecule has 0 aliphatic carbocycles. The van der Waals surface area contributed by atoms with Crippen molar-refractivity contribution in [1.82, 2.24) is 4.85 Å².